The first-order valence-corrected chi connectivity index (χ1v) is 5.13. The molecule has 90 valence electrons. The van der Waals surface area contributed by atoms with Crippen LogP contribution in [0.1, 0.15) is 11.1 Å². The van der Waals surface area contributed by atoms with Gasteiger partial charge in [0.2, 0.25) is 0 Å². The molecular formula is C13H15NO3. The van der Waals surface area contributed by atoms with Crippen LogP contribution in [-0.2, 0) is 4.79 Å². The van der Waals surface area contributed by atoms with Gasteiger partial charge in [0.25, 0.3) is 0 Å². The molecule has 0 heterocycles. The van der Waals surface area contributed by atoms with Gasteiger partial charge in [0.15, 0.2) is 0 Å². The van der Waals surface area contributed by atoms with E-state index in [4.69, 9.17) is 15.6 Å². The Morgan fingerprint density at radius 2 is 2.24 bits per heavy atom. The Labute approximate surface area is 100 Å². The van der Waals surface area contributed by atoms with E-state index >= 15 is 0 Å². The van der Waals surface area contributed by atoms with Crippen LogP contribution in [0.25, 0.3) is 12.2 Å². The van der Waals surface area contributed by atoms with Gasteiger partial charge in [-0.2, -0.15) is 0 Å². The number of methoxy groups -OCH3 is 1. The van der Waals surface area contributed by atoms with Crippen molar-refractivity contribution in [2.45, 2.75) is 0 Å². The lowest BCUT2D eigenvalue weighted by Crippen LogP contribution is -1.93. The predicted molar refractivity (Wildman–Crippen MR) is 67.8 cm³/mol. The molecule has 0 aliphatic heterocycles. The van der Waals surface area contributed by atoms with Crippen LogP contribution in [-0.4, -0.2) is 24.7 Å². The van der Waals surface area contributed by atoms with Crippen molar-refractivity contribution in [2.24, 2.45) is 5.73 Å². The smallest absolute Gasteiger partial charge is 0.328 e. The fourth-order valence-corrected chi connectivity index (χ4v) is 1.35. The molecule has 0 saturated heterocycles. The Bertz CT molecular complexity index is 450. The van der Waals surface area contributed by atoms with Crippen molar-refractivity contribution in [3.63, 3.8) is 0 Å². The number of nitrogens with two attached hydrogens (primary N) is 1. The molecule has 0 bridgehead atoms. The van der Waals surface area contributed by atoms with E-state index in [2.05, 4.69) is 0 Å². The summed E-state index contributed by atoms with van der Waals surface area (Å²) in [7, 11) is 1.54. The van der Waals surface area contributed by atoms with Crippen LogP contribution in [0.3, 0.4) is 0 Å². The van der Waals surface area contributed by atoms with Crippen molar-refractivity contribution in [2.75, 3.05) is 13.7 Å². The van der Waals surface area contributed by atoms with Crippen molar-refractivity contribution in [1.82, 2.24) is 0 Å². The Morgan fingerprint density at radius 3 is 2.82 bits per heavy atom. The molecule has 1 aromatic carbocycles. The fourth-order valence-electron chi connectivity index (χ4n) is 1.35. The number of carboxylic acids is 1. The number of aliphatic carboxylic acids is 1. The summed E-state index contributed by atoms with van der Waals surface area (Å²) in [6.07, 6.45) is 6.28. The second kappa shape index (κ2) is 6.50. The van der Waals surface area contributed by atoms with E-state index in [0.717, 1.165) is 11.6 Å². The first-order valence-electron chi connectivity index (χ1n) is 5.13. The van der Waals surface area contributed by atoms with Crippen molar-refractivity contribution in [1.29, 1.82) is 0 Å². The van der Waals surface area contributed by atoms with Crippen LogP contribution >= 0.6 is 0 Å². The van der Waals surface area contributed by atoms with Gasteiger partial charge in [0, 0.05) is 18.2 Å². The van der Waals surface area contributed by atoms with E-state index in [-0.39, 0.29) is 0 Å². The Hall–Kier alpha value is -2.07. The molecule has 0 saturated carbocycles. The molecular weight excluding hydrogens is 218 g/mol. The molecule has 0 aliphatic rings. The maximum atomic E-state index is 10.5. The van der Waals surface area contributed by atoms with Gasteiger partial charge in [0.05, 0.1) is 7.11 Å². The van der Waals surface area contributed by atoms with Crippen molar-refractivity contribution in [3.05, 3.63) is 41.5 Å². The number of carboxylic acid groups (broad SMARTS) is 1. The van der Waals surface area contributed by atoms with Gasteiger partial charge in [-0.1, -0.05) is 18.2 Å². The highest BCUT2D eigenvalue weighted by molar-refractivity contribution is 5.86. The van der Waals surface area contributed by atoms with E-state index in [1.54, 1.807) is 13.2 Å². The minimum Gasteiger partial charge on any atom is -0.496 e. The molecule has 17 heavy (non-hydrogen) atoms. The normalized spacial score (nSPS) is 11.2. The Morgan fingerprint density at radius 1 is 1.47 bits per heavy atom. The second-order valence-electron chi connectivity index (χ2n) is 3.31. The minimum absolute atomic E-state index is 0.465. The van der Waals surface area contributed by atoms with Gasteiger partial charge in [-0.15, -0.1) is 0 Å². The zero-order valence-corrected chi connectivity index (χ0v) is 9.59. The lowest BCUT2D eigenvalue weighted by atomic mass is 10.1. The van der Waals surface area contributed by atoms with E-state index in [0.29, 0.717) is 17.9 Å². The van der Waals surface area contributed by atoms with E-state index < -0.39 is 5.97 Å². The van der Waals surface area contributed by atoms with E-state index in [9.17, 15) is 4.79 Å². The summed E-state index contributed by atoms with van der Waals surface area (Å²) in [5, 5.41) is 8.59. The topological polar surface area (TPSA) is 72.5 Å². The zero-order chi connectivity index (χ0) is 12.7. The standard InChI is InChI=1S/C13H15NO3/c1-17-12-6-4-10(3-2-8-14)9-11(12)5-7-13(15)16/h2-7,9H,8,14H2,1H3,(H,15,16)/b3-2?,7-5+. The molecule has 4 heteroatoms. The van der Waals surface area contributed by atoms with E-state index in [1.165, 1.54) is 6.08 Å². The molecule has 0 radical (unpaired) electrons. The summed E-state index contributed by atoms with van der Waals surface area (Å²) in [6, 6.07) is 5.51. The van der Waals surface area contributed by atoms with Gasteiger partial charge in [-0.3, -0.25) is 0 Å². The lowest BCUT2D eigenvalue weighted by molar-refractivity contribution is -0.131. The zero-order valence-electron chi connectivity index (χ0n) is 9.59. The molecule has 0 aliphatic carbocycles. The molecule has 0 aromatic heterocycles. The maximum Gasteiger partial charge on any atom is 0.328 e. The molecule has 3 N–H and O–H groups in total. The van der Waals surface area contributed by atoms with Crippen LogP contribution in [0, 0.1) is 0 Å². The molecule has 0 fully saturated rings. The SMILES string of the molecule is COc1ccc(C=CCN)cc1/C=C/C(=O)O. The first-order chi connectivity index (χ1) is 8.17. The van der Waals surface area contributed by atoms with Crippen molar-refractivity contribution in [3.8, 4) is 5.75 Å². The number of ether oxygens (including phenoxy) is 1. The first kappa shape index (κ1) is 13.0. The molecule has 4 nitrogen and oxygen atoms in total. The summed E-state index contributed by atoms with van der Waals surface area (Å²) in [6.45, 7) is 0.465. The third kappa shape index (κ3) is 4.12. The van der Waals surface area contributed by atoms with Gasteiger partial charge >= 0.3 is 5.97 Å². The number of carbonyl (C=O) groups is 1. The van der Waals surface area contributed by atoms with Crippen LogP contribution in [0.2, 0.25) is 0 Å². The third-order valence-corrected chi connectivity index (χ3v) is 2.11. The highest BCUT2D eigenvalue weighted by atomic mass is 16.5. The number of hydrogen-bond donors (Lipinski definition) is 2. The summed E-state index contributed by atoms with van der Waals surface area (Å²) in [4.78, 5) is 10.5. The molecule has 1 aromatic rings. The quantitative estimate of drug-likeness (QED) is 0.760. The predicted octanol–water partition coefficient (Wildman–Crippen LogP) is 1.76. The molecule has 1 rings (SSSR count). The van der Waals surface area contributed by atoms with Gasteiger partial charge in [-0.25, -0.2) is 4.79 Å². The minimum atomic E-state index is -0.991. The summed E-state index contributed by atoms with van der Waals surface area (Å²) in [5.41, 5.74) is 7.03. The van der Waals surface area contributed by atoms with Crippen LogP contribution in [0.15, 0.2) is 30.4 Å². The Balaban J connectivity index is 3.06. The monoisotopic (exact) mass is 233 g/mol. The second-order valence-corrected chi connectivity index (χ2v) is 3.31. The number of benzene rings is 1. The average Bonchev–Trinajstić information content (AvgIpc) is 2.33. The largest absolute Gasteiger partial charge is 0.496 e. The van der Waals surface area contributed by atoms with Gasteiger partial charge in [-0.05, 0) is 23.8 Å². The van der Waals surface area contributed by atoms with E-state index in [1.807, 2.05) is 24.3 Å². The molecule has 0 atom stereocenters. The van der Waals surface area contributed by atoms with Gasteiger partial charge < -0.3 is 15.6 Å². The van der Waals surface area contributed by atoms with Crippen molar-refractivity contribution >= 4 is 18.1 Å². The lowest BCUT2D eigenvalue weighted by Gasteiger charge is -2.05. The molecule has 0 spiro atoms. The third-order valence-electron chi connectivity index (χ3n) is 2.11. The summed E-state index contributed by atoms with van der Waals surface area (Å²) in [5.74, 6) is -0.359. The highest BCUT2D eigenvalue weighted by Crippen LogP contribution is 2.22. The Kier molecular flexibility index (Phi) is 4.97. The number of hydrogen-bond acceptors (Lipinski definition) is 3. The number of rotatable bonds is 5. The molecule has 0 amide bonds. The van der Waals surface area contributed by atoms with Gasteiger partial charge in [0.1, 0.15) is 5.75 Å². The van der Waals surface area contributed by atoms with Crippen molar-refractivity contribution < 1.29 is 14.6 Å². The fraction of sp³-hybridized carbons (Fsp3) is 0.154. The van der Waals surface area contributed by atoms with Crippen LogP contribution in [0.5, 0.6) is 5.75 Å². The summed E-state index contributed by atoms with van der Waals surface area (Å²) < 4.78 is 5.14. The summed E-state index contributed by atoms with van der Waals surface area (Å²) >= 11 is 0. The van der Waals surface area contributed by atoms with Crippen LogP contribution < -0.4 is 10.5 Å². The highest BCUT2D eigenvalue weighted by Gasteiger charge is 2.00. The maximum absolute atomic E-state index is 10.5. The average molecular weight is 233 g/mol. The van der Waals surface area contributed by atoms with Crippen LogP contribution in [0.4, 0.5) is 0 Å². The molecule has 0 unspecified atom stereocenters.